The van der Waals surface area contributed by atoms with E-state index in [0.29, 0.717) is 0 Å². The van der Waals surface area contributed by atoms with Gasteiger partial charge >= 0.3 is 0 Å². The number of carbonyl (C=O) groups is 1. The Labute approximate surface area is 151 Å². The maximum atomic E-state index is 12.6. The fourth-order valence-electron chi connectivity index (χ4n) is 2.63. The van der Waals surface area contributed by atoms with Crippen molar-refractivity contribution in [2.24, 2.45) is 0 Å². The smallest absolute Gasteiger partial charge is 0.247 e. The number of phenolic OH excluding ortho intramolecular Hbond substituents is 1. The zero-order valence-electron chi connectivity index (χ0n) is 14.4. The Morgan fingerprint density at radius 3 is 2.73 bits per heavy atom. The summed E-state index contributed by atoms with van der Waals surface area (Å²) in [7, 11) is -3.44. The third kappa shape index (κ3) is 3.28. The molecule has 0 fully saturated rings. The van der Waals surface area contributed by atoms with Gasteiger partial charge in [0, 0.05) is 0 Å². The molecule has 1 amide bonds. The number of nitrogens with zero attached hydrogens (tertiary/aromatic N) is 2. The van der Waals surface area contributed by atoms with E-state index in [0.717, 1.165) is 11.0 Å². The summed E-state index contributed by atoms with van der Waals surface area (Å²) in [6.07, 6.45) is 1.58. The first kappa shape index (κ1) is 17.9. The molecule has 0 radical (unpaired) electrons. The highest BCUT2D eigenvalue weighted by Gasteiger charge is 2.20. The third-order valence-electron chi connectivity index (χ3n) is 4.24. The number of fused-ring (bicyclic) bond motifs is 1. The Hall–Kier alpha value is -2.87. The van der Waals surface area contributed by atoms with E-state index in [1.807, 2.05) is 24.3 Å². The van der Waals surface area contributed by atoms with Crippen molar-refractivity contribution < 1.29 is 18.3 Å². The Morgan fingerprint density at radius 2 is 2.00 bits per heavy atom. The number of anilines is 1. The minimum absolute atomic E-state index is 0.0498. The van der Waals surface area contributed by atoms with Crippen LogP contribution in [0.5, 0.6) is 5.75 Å². The summed E-state index contributed by atoms with van der Waals surface area (Å²) in [6.45, 7) is 3.24. The van der Waals surface area contributed by atoms with Gasteiger partial charge in [-0.25, -0.2) is 13.4 Å². The number of carbonyl (C=O) groups excluding carboxylic acids is 1. The number of para-hydroxylation sites is 2. The number of rotatable bonds is 5. The second-order valence-corrected chi connectivity index (χ2v) is 8.17. The minimum atomic E-state index is -3.44. The molecule has 7 nitrogen and oxygen atoms in total. The van der Waals surface area contributed by atoms with E-state index in [-0.39, 0.29) is 22.1 Å². The Balaban J connectivity index is 1.89. The number of nitrogens with one attached hydrogen (secondary N) is 1. The molecule has 1 aromatic heterocycles. The van der Waals surface area contributed by atoms with Crippen molar-refractivity contribution in [1.82, 2.24) is 9.55 Å². The number of imidazole rings is 1. The molecule has 0 saturated heterocycles. The molecule has 0 aliphatic rings. The van der Waals surface area contributed by atoms with E-state index < -0.39 is 21.8 Å². The van der Waals surface area contributed by atoms with E-state index >= 15 is 0 Å². The monoisotopic (exact) mass is 373 g/mol. The topological polar surface area (TPSA) is 101 Å². The van der Waals surface area contributed by atoms with Gasteiger partial charge in [-0.15, -0.1) is 0 Å². The van der Waals surface area contributed by atoms with Gasteiger partial charge in [0.2, 0.25) is 5.91 Å². The quantitative estimate of drug-likeness (QED) is 0.670. The molecule has 0 spiro atoms. The lowest BCUT2D eigenvalue weighted by Crippen LogP contribution is -2.23. The van der Waals surface area contributed by atoms with Crippen LogP contribution in [0.15, 0.2) is 53.7 Å². The number of sulfone groups is 1. The van der Waals surface area contributed by atoms with Gasteiger partial charge in [-0.05, 0) is 37.3 Å². The molecule has 0 aliphatic carbocycles. The zero-order chi connectivity index (χ0) is 18.9. The van der Waals surface area contributed by atoms with E-state index in [1.165, 1.54) is 25.1 Å². The van der Waals surface area contributed by atoms with Crippen LogP contribution < -0.4 is 5.32 Å². The lowest BCUT2D eigenvalue weighted by Gasteiger charge is -2.16. The molecule has 1 heterocycles. The van der Waals surface area contributed by atoms with Crippen molar-refractivity contribution in [2.75, 3.05) is 11.1 Å². The van der Waals surface area contributed by atoms with Gasteiger partial charge in [-0.1, -0.05) is 19.1 Å². The van der Waals surface area contributed by atoms with Crippen LogP contribution in [0.25, 0.3) is 11.0 Å². The molecular formula is C18H19N3O4S. The summed E-state index contributed by atoms with van der Waals surface area (Å²) >= 11 is 0. The second kappa shape index (κ2) is 6.80. The maximum absolute atomic E-state index is 12.6. The molecule has 0 bridgehead atoms. The van der Waals surface area contributed by atoms with Gasteiger partial charge in [-0.2, -0.15) is 0 Å². The van der Waals surface area contributed by atoms with Crippen LogP contribution in [-0.2, 0) is 14.6 Å². The van der Waals surface area contributed by atoms with E-state index in [9.17, 15) is 18.3 Å². The predicted octanol–water partition coefficient (Wildman–Crippen LogP) is 2.74. The molecule has 2 N–H and O–H groups in total. The Kier molecular flexibility index (Phi) is 4.69. The molecule has 3 aromatic rings. The average molecular weight is 373 g/mol. The molecule has 0 saturated carbocycles. The van der Waals surface area contributed by atoms with Crippen molar-refractivity contribution in [3.8, 4) is 5.75 Å². The van der Waals surface area contributed by atoms with Gasteiger partial charge in [0.25, 0.3) is 0 Å². The van der Waals surface area contributed by atoms with Gasteiger partial charge in [0.15, 0.2) is 9.84 Å². The highest BCUT2D eigenvalue weighted by atomic mass is 32.2. The van der Waals surface area contributed by atoms with E-state index in [4.69, 9.17) is 0 Å². The van der Waals surface area contributed by atoms with Crippen molar-refractivity contribution in [1.29, 1.82) is 0 Å². The molecule has 8 heteroatoms. The van der Waals surface area contributed by atoms with E-state index in [1.54, 1.807) is 17.8 Å². The van der Waals surface area contributed by atoms with Gasteiger partial charge in [-0.3, -0.25) is 4.79 Å². The molecular weight excluding hydrogens is 354 g/mol. The number of aromatic hydroxyl groups is 1. The Bertz CT molecular complexity index is 1070. The summed E-state index contributed by atoms with van der Waals surface area (Å²) in [6, 6.07) is 10.7. The number of benzene rings is 2. The van der Waals surface area contributed by atoms with Crippen molar-refractivity contribution in [3.05, 3.63) is 48.8 Å². The molecule has 2 aromatic carbocycles. The summed E-state index contributed by atoms with van der Waals surface area (Å²) in [5, 5.41) is 12.6. The van der Waals surface area contributed by atoms with Gasteiger partial charge in [0.05, 0.1) is 33.7 Å². The average Bonchev–Trinajstić information content (AvgIpc) is 3.06. The standard InChI is InChI=1S/C18H19N3O4S/c1-3-26(24,25)13-8-9-17(22)15(10-13)20-18(23)12(2)21-11-19-14-6-4-5-7-16(14)21/h4-12,22H,3H2,1-2H3,(H,20,23). The summed E-state index contributed by atoms with van der Waals surface area (Å²) in [5.41, 5.74) is 1.63. The first-order valence-electron chi connectivity index (χ1n) is 8.11. The van der Waals surface area contributed by atoms with Crippen LogP contribution in [0.3, 0.4) is 0 Å². The normalized spacial score (nSPS) is 12.8. The first-order chi connectivity index (χ1) is 12.3. The number of hydrogen-bond donors (Lipinski definition) is 2. The molecule has 26 heavy (non-hydrogen) atoms. The fraction of sp³-hybridized carbons (Fsp3) is 0.222. The van der Waals surface area contributed by atoms with Crippen LogP contribution in [0.2, 0.25) is 0 Å². The number of amides is 1. The van der Waals surface area contributed by atoms with Crippen molar-refractivity contribution in [3.63, 3.8) is 0 Å². The minimum Gasteiger partial charge on any atom is -0.506 e. The van der Waals surface area contributed by atoms with Gasteiger partial charge < -0.3 is 15.0 Å². The maximum Gasteiger partial charge on any atom is 0.247 e. The van der Waals surface area contributed by atoms with Crippen LogP contribution in [-0.4, -0.2) is 34.7 Å². The lowest BCUT2D eigenvalue weighted by molar-refractivity contribution is -0.118. The highest BCUT2D eigenvalue weighted by Crippen LogP contribution is 2.28. The summed E-state index contributed by atoms with van der Waals surface area (Å²) in [5.74, 6) is -0.659. The van der Waals surface area contributed by atoms with E-state index in [2.05, 4.69) is 10.3 Å². The van der Waals surface area contributed by atoms with Crippen molar-refractivity contribution >= 4 is 32.5 Å². The summed E-state index contributed by atoms with van der Waals surface area (Å²) < 4.78 is 25.7. The Morgan fingerprint density at radius 1 is 1.27 bits per heavy atom. The van der Waals surface area contributed by atoms with Crippen LogP contribution in [0.1, 0.15) is 19.9 Å². The first-order valence-corrected chi connectivity index (χ1v) is 9.77. The number of aromatic nitrogens is 2. The van der Waals surface area contributed by atoms with Crippen LogP contribution in [0.4, 0.5) is 5.69 Å². The SMILES string of the molecule is CCS(=O)(=O)c1ccc(O)c(NC(=O)C(C)n2cnc3ccccc32)c1. The molecule has 136 valence electrons. The summed E-state index contributed by atoms with van der Waals surface area (Å²) in [4.78, 5) is 16.9. The number of hydrogen-bond acceptors (Lipinski definition) is 5. The molecule has 0 aliphatic heterocycles. The molecule has 1 atom stereocenters. The number of phenols is 1. The lowest BCUT2D eigenvalue weighted by atomic mass is 10.2. The largest absolute Gasteiger partial charge is 0.506 e. The van der Waals surface area contributed by atoms with Gasteiger partial charge in [0.1, 0.15) is 11.8 Å². The fourth-order valence-corrected chi connectivity index (χ4v) is 3.53. The van der Waals surface area contributed by atoms with Crippen molar-refractivity contribution in [2.45, 2.75) is 24.8 Å². The van der Waals surface area contributed by atoms with Crippen LogP contribution in [0, 0.1) is 0 Å². The predicted molar refractivity (Wildman–Crippen MR) is 98.9 cm³/mol. The second-order valence-electron chi connectivity index (χ2n) is 5.89. The van der Waals surface area contributed by atoms with Crippen LogP contribution >= 0.6 is 0 Å². The zero-order valence-corrected chi connectivity index (χ0v) is 15.2. The highest BCUT2D eigenvalue weighted by molar-refractivity contribution is 7.91. The third-order valence-corrected chi connectivity index (χ3v) is 5.98. The molecule has 3 rings (SSSR count). The molecule has 1 unspecified atom stereocenters.